The van der Waals surface area contributed by atoms with E-state index in [0.717, 1.165) is 36.2 Å². The molecule has 6 heteroatoms. The molecule has 1 atom stereocenters. The Morgan fingerprint density at radius 3 is 2.93 bits per heavy atom. The molecule has 156 valence electrons. The number of H-pyrrole nitrogens is 1. The van der Waals surface area contributed by atoms with E-state index in [-0.39, 0.29) is 17.7 Å². The van der Waals surface area contributed by atoms with Gasteiger partial charge in [-0.05, 0) is 43.0 Å². The summed E-state index contributed by atoms with van der Waals surface area (Å²) >= 11 is 0. The van der Waals surface area contributed by atoms with Gasteiger partial charge in [0.1, 0.15) is 0 Å². The molecule has 3 N–H and O–H groups in total. The van der Waals surface area contributed by atoms with Gasteiger partial charge in [0.25, 0.3) is 0 Å². The van der Waals surface area contributed by atoms with Gasteiger partial charge in [-0.1, -0.05) is 36.4 Å². The predicted octanol–water partition coefficient (Wildman–Crippen LogP) is 4.20. The number of para-hydroxylation sites is 1. The van der Waals surface area contributed by atoms with E-state index in [9.17, 15) is 4.79 Å². The number of anilines is 1. The first-order chi connectivity index (χ1) is 14.5. The number of nitrogens with one attached hydrogen (secondary N) is 3. The predicted molar refractivity (Wildman–Crippen MR) is 119 cm³/mol. The minimum absolute atomic E-state index is 0.0574. The van der Waals surface area contributed by atoms with Gasteiger partial charge in [-0.2, -0.15) is 0 Å². The molecule has 1 aromatic heterocycles. The van der Waals surface area contributed by atoms with Gasteiger partial charge in [-0.15, -0.1) is 0 Å². The van der Waals surface area contributed by atoms with Crippen LogP contribution in [0.4, 0.5) is 10.5 Å². The second-order valence-corrected chi connectivity index (χ2v) is 8.72. The summed E-state index contributed by atoms with van der Waals surface area (Å²) < 4.78 is 5.98. The third kappa shape index (κ3) is 3.46. The van der Waals surface area contributed by atoms with Crippen LogP contribution in [0.15, 0.2) is 48.7 Å². The van der Waals surface area contributed by atoms with Gasteiger partial charge in [-0.3, -0.25) is 0 Å². The maximum absolute atomic E-state index is 12.9. The number of benzene rings is 2. The lowest BCUT2D eigenvalue weighted by molar-refractivity contribution is -0.0722. The van der Waals surface area contributed by atoms with E-state index in [4.69, 9.17) is 4.74 Å². The number of carbonyl (C=O) groups excluding carboxylic acids is 1. The highest BCUT2D eigenvalue weighted by molar-refractivity contribution is 6.01. The normalized spacial score (nSPS) is 20.7. The van der Waals surface area contributed by atoms with Crippen molar-refractivity contribution >= 4 is 22.6 Å². The SMILES string of the molecule is CC1(C)OCCNC1c1ccc2c(c1)CCN(C(=O)Nc1c[nH]c3ccccc13)C2. The third-order valence-corrected chi connectivity index (χ3v) is 6.31. The molecule has 2 aliphatic rings. The van der Waals surface area contributed by atoms with Gasteiger partial charge in [0.2, 0.25) is 0 Å². The van der Waals surface area contributed by atoms with E-state index >= 15 is 0 Å². The summed E-state index contributed by atoms with van der Waals surface area (Å²) in [5.41, 5.74) is 5.41. The van der Waals surface area contributed by atoms with Gasteiger partial charge >= 0.3 is 6.03 Å². The maximum Gasteiger partial charge on any atom is 0.322 e. The highest BCUT2D eigenvalue weighted by Gasteiger charge is 2.35. The summed E-state index contributed by atoms with van der Waals surface area (Å²) in [6.45, 7) is 7.23. The number of hydrogen-bond donors (Lipinski definition) is 3. The molecule has 0 spiro atoms. The van der Waals surface area contributed by atoms with Crippen molar-refractivity contribution in [1.82, 2.24) is 15.2 Å². The zero-order chi connectivity index (χ0) is 20.7. The minimum atomic E-state index is -0.230. The molecule has 0 radical (unpaired) electrons. The van der Waals surface area contributed by atoms with Crippen molar-refractivity contribution in [2.75, 3.05) is 25.0 Å². The van der Waals surface area contributed by atoms with E-state index in [1.807, 2.05) is 35.4 Å². The second-order valence-electron chi connectivity index (χ2n) is 8.72. The average molecular weight is 405 g/mol. The van der Waals surface area contributed by atoms with Crippen molar-refractivity contribution in [2.24, 2.45) is 0 Å². The van der Waals surface area contributed by atoms with Crippen LogP contribution in [0.25, 0.3) is 10.9 Å². The Bertz CT molecular complexity index is 1090. The molecular weight excluding hydrogens is 376 g/mol. The van der Waals surface area contributed by atoms with Gasteiger partial charge in [-0.25, -0.2) is 4.79 Å². The monoisotopic (exact) mass is 404 g/mol. The Labute approximate surface area is 176 Å². The number of rotatable bonds is 2. The molecular formula is C24H28N4O2. The maximum atomic E-state index is 12.9. The summed E-state index contributed by atoms with van der Waals surface area (Å²) in [6, 6.07) is 14.7. The van der Waals surface area contributed by atoms with Gasteiger partial charge < -0.3 is 25.3 Å². The first-order valence-electron chi connectivity index (χ1n) is 10.6. The van der Waals surface area contributed by atoms with Crippen molar-refractivity contribution in [3.63, 3.8) is 0 Å². The number of ether oxygens (including phenoxy) is 1. The van der Waals surface area contributed by atoms with Crippen LogP contribution in [-0.4, -0.2) is 41.2 Å². The number of carbonyl (C=O) groups is 1. The number of fused-ring (bicyclic) bond motifs is 2. The molecule has 3 aromatic rings. The summed E-state index contributed by atoms with van der Waals surface area (Å²) in [5, 5.41) is 7.69. The molecule has 2 aromatic carbocycles. The number of aromatic nitrogens is 1. The fraction of sp³-hybridized carbons (Fsp3) is 0.375. The number of nitrogens with zero attached hydrogens (tertiary/aromatic N) is 1. The Morgan fingerprint density at radius 2 is 2.07 bits per heavy atom. The third-order valence-electron chi connectivity index (χ3n) is 6.31. The topological polar surface area (TPSA) is 69.4 Å². The van der Waals surface area contributed by atoms with Crippen molar-refractivity contribution < 1.29 is 9.53 Å². The van der Waals surface area contributed by atoms with Crippen molar-refractivity contribution in [2.45, 2.75) is 38.5 Å². The first kappa shape index (κ1) is 19.2. The quantitative estimate of drug-likeness (QED) is 0.600. The Hall–Kier alpha value is -2.83. The Balaban J connectivity index is 1.31. The van der Waals surface area contributed by atoms with E-state index in [1.165, 1.54) is 16.7 Å². The zero-order valence-electron chi connectivity index (χ0n) is 17.5. The number of morpholine rings is 1. The highest BCUT2D eigenvalue weighted by atomic mass is 16.5. The van der Waals surface area contributed by atoms with Crippen LogP contribution in [0.1, 0.15) is 36.6 Å². The van der Waals surface area contributed by atoms with Crippen molar-refractivity contribution in [1.29, 1.82) is 0 Å². The number of amides is 2. The first-order valence-corrected chi connectivity index (χ1v) is 10.6. The molecule has 0 bridgehead atoms. The van der Waals surface area contributed by atoms with Crippen LogP contribution < -0.4 is 10.6 Å². The fourth-order valence-corrected chi connectivity index (χ4v) is 4.66. The van der Waals surface area contributed by atoms with E-state index < -0.39 is 0 Å². The van der Waals surface area contributed by atoms with Crippen molar-refractivity contribution in [3.8, 4) is 0 Å². The molecule has 0 saturated carbocycles. The lowest BCUT2D eigenvalue weighted by Gasteiger charge is -2.40. The van der Waals surface area contributed by atoms with Crippen LogP contribution in [0.2, 0.25) is 0 Å². The van der Waals surface area contributed by atoms with E-state index in [0.29, 0.717) is 13.1 Å². The second kappa shape index (κ2) is 7.45. The smallest absolute Gasteiger partial charge is 0.322 e. The molecule has 6 nitrogen and oxygen atoms in total. The van der Waals surface area contributed by atoms with E-state index in [1.54, 1.807) is 0 Å². The van der Waals surface area contributed by atoms with Crippen molar-refractivity contribution in [3.05, 3.63) is 65.4 Å². The molecule has 1 saturated heterocycles. The highest BCUT2D eigenvalue weighted by Crippen LogP contribution is 2.33. The minimum Gasteiger partial charge on any atom is -0.372 e. The van der Waals surface area contributed by atoms with Gasteiger partial charge in [0.05, 0.1) is 23.9 Å². The summed E-state index contributed by atoms with van der Waals surface area (Å²) in [7, 11) is 0. The van der Waals surface area contributed by atoms with Crippen LogP contribution in [0.5, 0.6) is 0 Å². The molecule has 5 rings (SSSR count). The van der Waals surface area contributed by atoms with E-state index in [2.05, 4.69) is 47.7 Å². The molecule has 1 fully saturated rings. The summed E-state index contributed by atoms with van der Waals surface area (Å²) in [4.78, 5) is 18.0. The lowest BCUT2D eigenvalue weighted by atomic mass is 9.87. The average Bonchev–Trinajstić information content (AvgIpc) is 3.15. The molecule has 2 amide bonds. The number of hydrogen-bond acceptors (Lipinski definition) is 3. The van der Waals surface area contributed by atoms with Crippen LogP contribution in [0.3, 0.4) is 0 Å². The standard InChI is InChI=1S/C24H28N4O2/c1-24(2)22(25-10-12-30-24)17-7-8-18-15-28(11-9-16(18)13-17)23(29)27-21-14-26-20-6-4-3-5-19(20)21/h3-8,13-14,22,25-26H,9-12,15H2,1-2H3,(H,27,29). The molecule has 3 heterocycles. The van der Waals surface area contributed by atoms with Crippen LogP contribution in [0, 0.1) is 0 Å². The summed E-state index contributed by atoms with van der Waals surface area (Å²) in [6.07, 6.45) is 2.71. The zero-order valence-corrected chi connectivity index (χ0v) is 17.5. The molecule has 30 heavy (non-hydrogen) atoms. The Kier molecular flexibility index (Phi) is 4.76. The lowest BCUT2D eigenvalue weighted by Crippen LogP contribution is -2.48. The number of aromatic amines is 1. The fourth-order valence-electron chi connectivity index (χ4n) is 4.66. The van der Waals surface area contributed by atoms with Gasteiger partial charge in [0, 0.05) is 36.7 Å². The summed E-state index contributed by atoms with van der Waals surface area (Å²) in [5.74, 6) is 0. The molecule has 0 aliphatic carbocycles. The van der Waals surface area contributed by atoms with Crippen LogP contribution in [-0.2, 0) is 17.7 Å². The molecule has 1 unspecified atom stereocenters. The van der Waals surface area contributed by atoms with Crippen LogP contribution >= 0.6 is 0 Å². The Morgan fingerprint density at radius 1 is 1.20 bits per heavy atom. The number of urea groups is 1. The molecule has 2 aliphatic heterocycles. The largest absolute Gasteiger partial charge is 0.372 e. The van der Waals surface area contributed by atoms with Gasteiger partial charge in [0.15, 0.2) is 0 Å².